The molecule has 4 fully saturated rings. The summed E-state index contributed by atoms with van der Waals surface area (Å²) in [4.78, 5) is 65.9. The Hall–Kier alpha value is -4.89. The van der Waals surface area contributed by atoms with Crippen molar-refractivity contribution >= 4 is 29.8 Å². The molecule has 2 aromatic carbocycles. The molecule has 0 spiro atoms. The minimum Gasteiger partial charge on any atom is -0.455 e. The van der Waals surface area contributed by atoms with Gasteiger partial charge in [0.05, 0.1) is 30.8 Å². The first-order valence-corrected chi connectivity index (χ1v) is 28.1. The second-order valence-electron chi connectivity index (χ2n) is 22.1. The van der Waals surface area contributed by atoms with E-state index >= 15 is 0 Å². The fourth-order valence-electron chi connectivity index (χ4n) is 12.0. The topological polar surface area (TPSA) is 182 Å². The van der Waals surface area contributed by atoms with Crippen molar-refractivity contribution in [2.45, 2.75) is 200 Å². The molecule has 2 bridgehead atoms. The number of aliphatic hydroxyl groups excluding tert-OH is 1. The first-order valence-electron chi connectivity index (χ1n) is 28.1. The number of hydrogen-bond donors (Lipinski definition) is 2. The SMILES string of the molecule is CCCCCCCC/C=C\CCCCCCCC1OCC(COC(=O)OC(Cc2ccccc2)C(=O)O[C@H]2CC3CC4C5COC5CC(O)C4(C)C(=O)C(OC(C)=O)C(=C2C)C3(C)C)O1.CNC(=O)c1ccccc1. The number of benzene rings is 2. The van der Waals surface area contributed by atoms with Gasteiger partial charge in [-0.2, -0.15) is 0 Å². The number of rotatable bonds is 24. The zero-order valence-electron chi connectivity index (χ0n) is 45.9. The van der Waals surface area contributed by atoms with E-state index < -0.39 is 59.4 Å². The molecule has 2 aliphatic heterocycles. The van der Waals surface area contributed by atoms with Crippen LogP contribution in [0, 0.1) is 28.6 Å². The Kier molecular flexibility index (Phi) is 23.0. The third kappa shape index (κ3) is 16.1. The number of amides is 1. The van der Waals surface area contributed by atoms with Gasteiger partial charge in [0.1, 0.15) is 18.8 Å². The number of ketones is 1. The number of hydrogen-bond acceptors (Lipinski definition) is 13. The highest BCUT2D eigenvalue weighted by molar-refractivity contribution is 5.95. The minimum absolute atomic E-state index is 0.0411. The number of Topliss-reactive ketones (excluding diaryl/α,β-unsaturated/α-hetero) is 1. The van der Waals surface area contributed by atoms with Crippen LogP contribution in [-0.4, -0.2) is 105 Å². The quantitative estimate of drug-likeness (QED) is 0.0439. The number of aliphatic hydroxyl groups is 1. The fraction of sp³-hybridized carbons (Fsp3) is 0.656. The van der Waals surface area contributed by atoms with Gasteiger partial charge in [-0.25, -0.2) is 9.59 Å². The number of unbranched alkanes of at least 4 members (excludes halogenated alkanes) is 11. The lowest BCUT2D eigenvalue weighted by Gasteiger charge is -2.60. The normalized spacial score (nSPS) is 28.0. The van der Waals surface area contributed by atoms with Gasteiger partial charge in [-0.1, -0.05) is 133 Å². The first-order chi connectivity index (χ1) is 36.1. The molecule has 2 aromatic rings. The second kappa shape index (κ2) is 29.0. The summed E-state index contributed by atoms with van der Waals surface area (Å²) in [6, 6.07) is 18.3. The van der Waals surface area contributed by atoms with Crippen LogP contribution in [0.25, 0.3) is 0 Å². The molecular weight excluding hydrogens is 955 g/mol. The molecule has 11 atom stereocenters. The molecule has 7 rings (SSSR count). The summed E-state index contributed by atoms with van der Waals surface area (Å²) in [7, 11) is 1.62. The van der Waals surface area contributed by atoms with E-state index in [9.17, 15) is 29.1 Å². The largest absolute Gasteiger partial charge is 0.509 e. The summed E-state index contributed by atoms with van der Waals surface area (Å²) in [5.41, 5.74) is 0.860. The summed E-state index contributed by atoms with van der Waals surface area (Å²) in [6.07, 6.45) is 16.6. The van der Waals surface area contributed by atoms with Crippen LogP contribution in [0.15, 0.2) is 84.0 Å². The molecule has 14 heteroatoms. The summed E-state index contributed by atoms with van der Waals surface area (Å²) in [5, 5.41) is 14.1. The molecule has 3 aliphatic carbocycles. The zero-order valence-corrected chi connectivity index (χ0v) is 45.9. The van der Waals surface area contributed by atoms with E-state index in [4.69, 9.17) is 33.2 Å². The lowest BCUT2D eigenvalue weighted by molar-refractivity contribution is -0.231. The molecule has 75 heavy (non-hydrogen) atoms. The second-order valence-corrected chi connectivity index (χ2v) is 22.1. The molecule has 414 valence electrons. The predicted octanol–water partition coefficient (Wildman–Crippen LogP) is 11.2. The van der Waals surface area contributed by atoms with Crippen molar-refractivity contribution in [3.63, 3.8) is 0 Å². The van der Waals surface area contributed by atoms with Gasteiger partial charge in [-0.3, -0.25) is 14.4 Å². The van der Waals surface area contributed by atoms with Crippen molar-refractivity contribution in [1.29, 1.82) is 0 Å². The number of fused-ring (bicyclic) bond motifs is 5. The standard InChI is InChI=1S/C53H78O12.C8H9NO/c1-7-8-9-10-11-12-13-14-15-16-17-18-19-20-24-27-46-60-32-39(63-46)33-61-51(58)65-44(28-37-25-22-21-23-26-37)50(57)64-42-30-38-29-41-40-34-59-43(40)31-45(55)53(41,6)49(56)48(62-36(3)54)47(35(42)2)52(38,4)5;1-9-8(10)7-5-3-2-4-6-7/h14-15,21-23,25-26,38-46,48,55H,7-13,16-20,24,27-34H2,1-6H3;2-6H,1H3,(H,9,10)/b15-14-;/t38?,39?,40?,41?,42-,43?,44?,45?,46?,48?,53?;/m0./s1. The molecule has 14 nitrogen and oxygen atoms in total. The van der Waals surface area contributed by atoms with Gasteiger partial charge in [-0.05, 0) is 111 Å². The van der Waals surface area contributed by atoms with E-state index in [0.717, 1.165) is 31.2 Å². The average Bonchev–Trinajstić information content (AvgIpc) is 3.85. The van der Waals surface area contributed by atoms with Gasteiger partial charge >= 0.3 is 18.1 Å². The molecule has 2 N–H and O–H groups in total. The molecule has 0 radical (unpaired) electrons. The predicted molar refractivity (Wildman–Crippen MR) is 285 cm³/mol. The van der Waals surface area contributed by atoms with Crippen LogP contribution < -0.4 is 5.32 Å². The van der Waals surface area contributed by atoms with E-state index in [1.54, 1.807) is 26.1 Å². The van der Waals surface area contributed by atoms with Crippen LogP contribution in [0.2, 0.25) is 0 Å². The lowest BCUT2D eigenvalue weighted by atomic mass is 9.48. The van der Waals surface area contributed by atoms with Gasteiger partial charge in [0.2, 0.25) is 6.10 Å². The zero-order chi connectivity index (χ0) is 54.0. The van der Waals surface area contributed by atoms with Crippen LogP contribution in [0.1, 0.15) is 167 Å². The van der Waals surface area contributed by atoms with Gasteiger partial charge in [0.25, 0.3) is 5.91 Å². The van der Waals surface area contributed by atoms with Gasteiger partial charge in [0.15, 0.2) is 18.2 Å². The monoisotopic (exact) mass is 1040 g/mol. The van der Waals surface area contributed by atoms with Gasteiger partial charge < -0.3 is 43.6 Å². The van der Waals surface area contributed by atoms with Crippen molar-refractivity contribution in [2.24, 2.45) is 28.6 Å². The third-order valence-corrected chi connectivity index (χ3v) is 16.6. The van der Waals surface area contributed by atoms with Crippen molar-refractivity contribution in [1.82, 2.24) is 5.32 Å². The van der Waals surface area contributed by atoms with Gasteiger partial charge in [-0.15, -0.1) is 0 Å². The average molecular weight is 1040 g/mol. The maximum atomic E-state index is 14.8. The number of ether oxygens (including phenoxy) is 7. The Morgan fingerprint density at radius 1 is 0.813 bits per heavy atom. The number of nitrogens with one attached hydrogen (secondary N) is 1. The maximum absolute atomic E-state index is 14.8. The van der Waals surface area contributed by atoms with E-state index in [2.05, 4.69) is 24.4 Å². The minimum atomic E-state index is -1.34. The van der Waals surface area contributed by atoms with Crippen LogP contribution in [-0.2, 0) is 54.0 Å². The summed E-state index contributed by atoms with van der Waals surface area (Å²) in [6.45, 7) is 11.9. The molecule has 10 unspecified atom stereocenters. The van der Waals surface area contributed by atoms with E-state index in [-0.39, 0.29) is 61.5 Å². The number of carbonyl (C=O) groups is 5. The Labute approximate surface area is 446 Å². The molecule has 0 aromatic heterocycles. The maximum Gasteiger partial charge on any atom is 0.509 e. The summed E-state index contributed by atoms with van der Waals surface area (Å²) >= 11 is 0. The van der Waals surface area contributed by atoms with Crippen LogP contribution >= 0.6 is 0 Å². The van der Waals surface area contributed by atoms with Crippen molar-refractivity contribution in [3.8, 4) is 0 Å². The molecule has 2 saturated heterocycles. The Bertz CT molecular complexity index is 2210. The Morgan fingerprint density at radius 2 is 1.45 bits per heavy atom. The Balaban J connectivity index is 0.000000818. The molecule has 1 amide bonds. The Morgan fingerprint density at radius 3 is 2.08 bits per heavy atom. The third-order valence-electron chi connectivity index (χ3n) is 16.6. The van der Waals surface area contributed by atoms with Crippen LogP contribution in [0.3, 0.4) is 0 Å². The van der Waals surface area contributed by atoms with E-state index in [1.165, 1.54) is 71.1 Å². The summed E-state index contributed by atoms with van der Waals surface area (Å²) in [5.74, 6) is -2.06. The molecular formula is C61H87NO13. The number of esters is 2. The summed E-state index contributed by atoms with van der Waals surface area (Å²) < 4.78 is 41.2. The molecule has 2 saturated carbocycles. The molecule has 5 aliphatic rings. The first kappa shape index (κ1) is 59.4. The molecule has 2 heterocycles. The highest BCUT2D eigenvalue weighted by Crippen LogP contribution is 2.60. The highest BCUT2D eigenvalue weighted by Gasteiger charge is 2.64. The lowest BCUT2D eigenvalue weighted by Crippen LogP contribution is -2.66. The van der Waals surface area contributed by atoms with E-state index in [0.29, 0.717) is 42.6 Å². The smallest absolute Gasteiger partial charge is 0.455 e. The van der Waals surface area contributed by atoms with Crippen LogP contribution in [0.5, 0.6) is 0 Å². The fourth-order valence-corrected chi connectivity index (χ4v) is 12.0. The van der Waals surface area contributed by atoms with Crippen LogP contribution in [0.4, 0.5) is 4.79 Å². The number of carbonyl (C=O) groups excluding carboxylic acids is 5. The number of allylic oxidation sites excluding steroid dienone is 2. The highest BCUT2D eigenvalue weighted by atomic mass is 16.8. The van der Waals surface area contributed by atoms with Crippen molar-refractivity contribution in [2.75, 3.05) is 26.9 Å². The van der Waals surface area contributed by atoms with Crippen molar-refractivity contribution in [3.05, 3.63) is 95.1 Å². The van der Waals surface area contributed by atoms with Crippen molar-refractivity contribution < 1.29 is 62.2 Å². The van der Waals surface area contributed by atoms with E-state index in [1.807, 2.05) is 69.3 Å². The van der Waals surface area contributed by atoms with Gasteiger partial charge in [0, 0.05) is 38.3 Å².